The zero-order valence-electron chi connectivity index (χ0n) is 17.9. The van der Waals surface area contributed by atoms with Crippen LogP contribution in [0.3, 0.4) is 0 Å². The van der Waals surface area contributed by atoms with Gasteiger partial charge < -0.3 is 10.2 Å². The van der Waals surface area contributed by atoms with Crippen LogP contribution < -0.4 is 5.32 Å². The highest BCUT2D eigenvalue weighted by molar-refractivity contribution is 6.04. The molecule has 0 bridgehead atoms. The van der Waals surface area contributed by atoms with E-state index >= 15 is 0 Å². The van der Waals surface area contributed by atoms with Gasteiger partial charge in [0.1, 0.15) is 11.5 Å². The average Bonchev–Trinajstić information content (AvgIpc) is 2.80. The van der Waals surface area contributed by atoms with E-state index in [1.807, 2.05) is 6.92 Å². The summed E-state index contributed by atoms with van der Waals surface area (Å²) in [7, 11) is 0. The molecule has 1 aliphatic rings. The summed E-state index contributed by atoms with van der Waals surface area (Å²) >= 11 is 0. The fourth-order valence-corrected chi connectivity index (χ4v) is 3.69. The first-order valence-corrected chi connectivity index (χ1v) is 10.4. The Morgan fingerprint density at radius 1 is 1.03 bits per heavy atom. The zero-order chi connectivity index (χ0) is 22.7. The van der Waals surface area contributed by atoms with E-state index in [9.17, 15) is 14.0 Å². The maximum absolute atomic E-state index is 13.1. The number of halogens is 1. The van der Waals surface area contributed by atoms with Crippen LogP contribution in [0.2, 0.25) is 0 Å². The summed E-state index contributed by atoms with van der Waals surface area (Å²) in [6.45, 7) is 4.12. The van der Waals surface area contributed by atoms with Gasteiger partial charge in [0, 0.05) is 24.6 Å². The molecular weight excluding hydrogens is 411 g/mol. The van der Waals surface area contributed by atoms with Crippen molar-refractivity contribution in [3.8, 4) is 0 Å². The molecule has 1 saturated heterocycles. The van der Waals surface area contributed by atoms with Crippen molar-refractivity contribution in [2.45, 2.75) is 39.2 Å². The summed E-state index contributed by atoms with van der Waals surface area (Å²) in [5, 5.41) is 2.71. The molecule has 2 aromatic heterocycles. The van der Waals surface area contributed by atoms with Crippen molar-refractivity contribution in [1.82, 2.24) is 24.8 Å². The lowest BCUT2D eigenvalue weighted by Crippen LogP contribution is -2.39. The van der Waals surface area contributed by atoms with E-state index in [1.165, 1.54) is 36.7 Å². The Kier molecular flexibility index (Phi) is 6.16. The van der Waals surface area contributed by atoms with Crippen molar-refractivity contribution < 1.29 is 14.0 Å². The summed E-state index contributed by atoms with van der Waals surface area (Å²) < 4.78 is 13.1. The molecule has 0 unspecified atom stereocenters. The molecule has 0 spiro atoms. The van der Waals surface area contributed by atoms with E-state index in [2.05, 4.69) is 25.3 Å². The number of piperidine rings is 1. The van der Waals surface area contributed by atoms with Gasteiger partial charge in [0.05, 0.1) is 29.2 Å². The van der Waals surface area contributed by atoms with Crippen molar-refractivity contribution in [2.24, 2.45) is 0 Å². The van der Waals surface area contributed by atoms with Gasteiger partial charge in [-0.15, -0.1) is 0 Å². The number of carbonyl (C=O) groups excluding carboxylic acids is 2. The van der Waals surface area contributed by atoms with Crippen LogP contribution in [-0.2, 0) is 0 Å². The van der Waals surface area contributed by atoms with Gasteiger partial charge in [-0.05, 0) is 57.4 Å². The number of hydrogen-bond acceptors (Lipinski definition) is 6. The van der Waals surface area contributed by atoms with Crippen LogP contribution in [0, 0.1) is 19.7 Å². The number of aromatic nitrogens is 4. The smallest absolute Gasteiger partial charge is 0.274 e. The quantitative estimate of drug-likeness (QED) is 0.673. The predicted octanol–water partition coefficient (Wildman–Crippen LogP) is 3.64. The number of aryl methyl sites for hydroxylation is 2. The van der Waals surface area contributed by atoms with Crippen molar-refractivity contribution in [3.05, 3.63) is 77.1 Å². The van der Waals surface area contributed by atoms with Gasteiger partial charge in [-0.1, -0.05) is 0 Å². The molecule has 1 fully saturated rings. The minimum absolute atomic E-state index is 0.207. The largest absolute Gasteiger partial charge is 0.327 e. The number of hydrogen-bond donors (Lipinski definition) is 1. The Hall–Kier alpha value is -3.75. The van der Waals surface area contributed by atoms with Gasteiger partial charge in [-0.25, -0.2) is 19.3 Å². The molecule has 1 atom stereocenters. The molecule has 164 valence electrons. The number of anilines is 1. The van der Waals surface area contributed by atoms with E-state index in [0.717, 1.165) is 25.0 Å². The van der Waals surface area contributed by atoms with Crippen LogP contribution in [0.15, 0.2) is 42.9 Å². The lowest BCUT2D eigenvalue weighted by molar-refractivity contribution is 0.0592. The summed E-state index contributed by atoms with van der Waals surface area (Å²) in [5.41, 5.74) is 2.32. The number of amides is 2. The minimum atomic E-state index is -0.382. The van der Waals surface area contributed by atoms with E-state index < -0.39 is 0 Å². The third kappa shape index (κ3) is 4.61. The number of rotatable bonds is 4. The van der Waals surface area contributed by atoms with Gasteiger partial charge in [-0.3, -0.25) is 14.6 Å². The Morgan fingerprint density at radius 3 is 2.50 bits per heavy atom. The van der Waals surface area contributed by atoms with Crippen molar-refractivity contribution in [3.63, 3.8) is 0 Å². The van der Waals surface area contributed by atoms with E-state index in [0.29, 0.717) is 29.3 Å². The van der Waals surface area contributed by atoms with Crippen LogP contribution in [0.1, 0.15) is 63.4 Å². The molecule has 1 aliphatic heterocycles. The molecule has 8 nitrogen and oxygen atoms in total. The molecule has 32 heavy (non-hydrogen) atoms. The lowest BCUT2D eigenvalue weighted by atomic mass is 10.0. The molecule has 0 saturated carbocycles. The molecular formula is C23H23FN6O2. The van der Waals surface area contributed by atoms with Gasteiger partial charge in [0.2, 0.25) is 0 Å². The van der Waals surface area contributed by atoms with Crippen LogP contribution in [0.4, 0.5) is 10.1 Å². The minimum Gasteiger partial charge on any atom is -0.327 e. The van der Waals surface area contributed by atoms with Crippen LogP contribution in [0.5, 0.6) is 0 Å². The second-order valence-electron chi connectivity index (χ2n) is 7.74. The fraction of sp³-hybridized carbons (Fsp3) is 0.304. The molecule has 1 N–H and O–H groups in total. The standard InChI is InChI=1S/C23H23FN6O2/c1-14-11-26-19(13-25-14)23(32)30-10-4-3-5-20(30)21-27-12-18(15(2)28-21)22(31)29-17-8-6-16(24)7-9-17/h6-9,11-13,20H,3-5,10H2,1-2H3,(H,29,31)/t20-/m1/s1. The van der Waals surface area contributed by atoms with Crippen molar-refractivity contribution in [1.29, 1.82) is 0 Å². The van der Waals surface area contributed by atoms with Gasteiger partial charge in [0.25, 0.3) is 11.8 Å². The highest BCUT2D eigenvalue weighted by Gasteiger charge is 2.32. The first-order chi connectivity index (χ1) is 15.4. The van der Waals surface area contributed by atoms with Crippen LogP contribution >= 0.6 is 0 Å². The third-order valence-electron chi connectivity index (χ3n) is 5.41. The van der Waals surface area contributed by atoms with Gasteiger partial charge >= 0.3 is 0 Å². The second kappa shape index (κ2) is 9.17. The first-order valence-electron chi connectivity index (χ1n) is 10.4. The molecule has 9 heteroatoms. The Bertz CT molecular complexity index is 1130. The number of nitrogens with zero attached hydrogens (tertiary/aromatic N) is 5. The number of likely N-dealkylation sites (tertiary alicyclic amines) is 1. The average molecular weight is 434 g/mol. The van der Waals surface area contributed by atoms with Crippen molar-refractivity contribution >= 4 is 17.5 Å². The number of carbonyl (C=O) groups is 2. The highest BCUT2D eigenvalue weighted by Crippen LogP contribution is 2.30. The molecule has 3 aromatic rings. The lowest BCUT2D eigenvalue weighted by Gasteiger charge is -2.34. The van der Waals surface area contributed by atoms with E-state index in [1.54, 1.807) is 18.0 Å². The Morgan fingerprint density at radius 2 is 1.81 bits per heavy atom. The van der Waals surface area contributed by atoms with Crippen LogP contribution in [0.25, 0.3) is 0 Å². The molecule has 0 radical (unpaired) electrons. The van der Waals surface area contributed by atoms with E-state index in [-0.39, 0.29) is 29.4 Å². The van der Waals surface area contributed by atoms with E-state index in [4.69, 9.17) is 0 Å². The summed E-state index contributed by atoms with van der Waals surface area (Å²) in [4.78, 5) is 44.8. The third-order valence-corrected chi connectivity index (χ3v) is 5.41. The highest BCUT2D eigenvalue weighted by atomic mass is 19.1. The van der Waals surface area contributed by atoms with Crippen LogP contribution in [-0.4, -0.2) is 43.2 Å². The normalized spacial score (nSPS) is 16.0. The first kappa shape index (κ1) is 21.5. The molecule has 2 amide bonds. The molecule has 4 rings (SSSR count). The SMILES string of the molecule is Cc1cnc(C(=O)N2CCCC[C@@H]2c2ncc(C(=O)Nc3ccc(F)cc3)c(C)n2)cn1. The fourth-order valence-electron chi connectivity index (χ4n) is 3.69. The maximum atomic E-state index is 13.1. The predicted molar refractivity (Wildman–Crippen MR) is 116 cm³/mol. The topological polar surface area (TPSA) is 101 Å². The Balaban J connectivity index is 1.54. The monoisotopic (exact) mass is 434 g/mol. The van der Waals surface area contributed by atoms with Crippen molar-refractivity contribution in [2.75, 3.05) is 11.9 Å². The molecule has 1 aromatic carbocycles. The summed E-state index contributed by atoms with van der Waals surface area (Å²) in [6, 6.07) is 5.21. The van der Waals surface area contributed by atoms with Gasteiger partial charge in [-0.2, -0.15) is 0 Å². The second-order valence-corrected chi connectivity index (χ2v) is 7.74. The maximum Gasteiger partial charge on any atom is 0.274 e. The van der Waals surface area contributed by atoms with Gasteiger partial charge in [0.15, 0.2) is 5.82 Å². The summed E-state index contributed by atoms with van der Waals surface area (Å²) in [5.74, 6) is -0.474. The number of benzene rings is 1. The zero-order valence-corrected chi connectivity index (χ0v) is 17.9. The summed E-state index contributed by atoms with van der Waals surface area (Å²) in [6.07, 6.45) is 7.09. The Labute approximate surface area is 185 Å². The molecule has 0 aliphatic carbocycles. The molecule has 3 heterocycles. The number of nitrogens with one attached hydrogen (secondary N) is 1.